The highest BCUT2D eigenvalue weighted by molar-refractivity contribution is 6.13. The van der Waals surface area contributed by atoms with E-state index < -0.39 is 0 Å². The third-order valence-corrected chi connectivity index (χ3v) is 9.29. The highest BCUT2D eigenvalue weighted by Crippen LogP contribution is 2.40. The van der Waals surface area contributed by atoms with Crippen molar-refractivity contribution in [3.05, 3.63) is 71.3 Å². The van der Waals surface area contributed by atoms with Crippen molar-refractivity contribution in [3.8, 4) is 17.1 Å². The number of carbonyl (C=O) groups is 1. The first kappa shape index (κ1) is 32.6. The van der Waals surface area contributed by atoms with Gasteiger partial charge in [-0.3, -0.25) is 14.8 Å². The predicted molar refractivity (Wildman–Crippen MR) is 179 cm³/mol. The van der Waals surface area contributed by atoms with Crippen LogP contribution in [-0.2, 0) is 16.6 Å². The number of hydrogen-bond donors (Lipinski definition) is 0. The van der Waals surface area contributed by atoms with Gasteiger partial charge in [0.05, 0.1) is 36.7 Å². The fourth-order valence-corrected chi connectivity index (χ4v) is 6.57. The molecule has 4 heterocycles. The van der Waals surface area contributed by atoms with E-state index in [9.17, 15) is 4.79 Å². The monoisotopic (exact) mass is 608 g/mol. The molecule has 0 radical (unpaired) electrons. The number of carbonyl (C=O) groups excluding carboxylic acids is 1. The van der Waals surface area contributed by atoms with Crippen molar-refractivity contribution in [2.75, 3.05) is 13.7 Å². The molecule has 1 saturated carbocycles. The number of hydrogen-bond acceptors (Lipinski definition) is 8. The van der Waals surface area contributed by atoms with Crippen LogP contribution in [0.4, 0.5) is 0 Å². The van der Waals surface area contributed by atoms with Crippen LogP contribution in [0, 0.1) is 17.8 Å². The first-order chi connectivity index (χ1) is 21.5. The topological polar surface area (TPSA) is 103 Å². The Labute approximate surface area is 268 Å². The lowest BCUT2D eigenvalue weighted by molar-refractivity contribution is -0.122. The molecule has 8 heteroatoms. The van der Waals surface area contributed by atoms with Gasteiger partial charge >= 0.3 is 6.01 Å². The molecule has 1 aliphatic carbocycles. The highest BCUT2D eigenvalue weighted by atomic mass is 16.5. The van der Waals surface area contributed by atoms with E-state index in [1.165, 1.54) is 5.57 Å². The number of rotatable bonds is 11. The molecule has 3 aromatic heterocycles. The number of Topliss-reactive ketones (excluding diaryl/α,β-unsaturated/α-hetero) is 1. The van der Waals surface area contributed by atoms with Gasteiger partial charge in [-0.2, -0.15) is 0 Å². The quantitative estimate of drug-likeness (QED) is 0.222. The smallest absolute Gasteiger partial charge is 0.316 e. The Morgan fingerprint density at radius 1 is 0.956 bits per heavy atom. The number of methoxy groups -OCH3 is 1. The van der Waals surface area contributed by atoms with Gasteiger partial charge in [-0.25, -0.2) is 19.9 Å². The molecule has 0 saturated heterocycles. The number of allylic oxidation sites excluding steroid dienone is 1. The fraction of sp³-hybridized carbons (Fsp3) is 0.541. The van der Waals surface area contributed by atoms with E-state index in [0.29, 0.717) is 30.1 Å². The molecule has 1 atom stereocenters. The maximum absolute atomic E-state index is 13.7. The van der Waals surface area contributed by atoms with E-state index >= 15 is 0 Å². The summed E-state index contributed by atoms with van der Waals surface area (Å²) >= 11 is 0. The van der Waals surface area contributed by atoms with Gasteiger partial charge in [-0.15, -0.1) is 0 Å². The molecule has 0 N–H and O–H groups in total. The molecule has 1 aliphatic heterocycles. The minimum Gasteiger partial charge on any atom is -0.467 e. The van der Waals surface area contributed by atoms with Crippen LogP contribution in [0.3, 0.4) is 0 Å². The Hall–Kier alpha value is -3.81. The second-order valence-electron chi connectivity index (χ2n) is 14.2. The van der Waals surface area contributed by atoms with E-state index in [2.05, 4.69) is 57.6 Å². The average Bonchev–Trinajstić information content (AvgIpc) is 3.46. The normalized spacial score (nSPS) is 19.3. The molecule has 8 nitrogen and oxygen atoms in total. The summed E-state index contributed by atoms with van der Waals surface area (Å²) in [5.41, 5.74) is 6.92. The Bertz CT molecular complexity index is 1530. The van der Waals surface area contributed by atoms with Gasteiger partial charge in [0, 0.05) is 54.3 Å². The van der Waals surface area contributed by atoms with E-state index in [0.717, 1.165) is 84.7 Å². The van der Waals surface area contributed by atoms with Crippen molar-refractivity contribution in [1.29, 1.82) is 0 Å². The Morgan fingerprint density at radius 2 is 1.67 bits per heavy atom. The molecule has 45 heavy (non-hydrogen) atoms. The summed E-state index contributed by atoms with van der Waals surface area (Å²) in [4.78, 5) is 41.8. The first-order valence-corrected chi connectivity index (χ1v) is 16.5. The zero-order chi connectivity index (χ0) is 32.1. The van der Waals surface area contributed by atoms with E-state index in [-0.39, 0.29) is 17.3 Å². The van der Waals surface area contributed by atoms with Crippen LogP contribution in [0.5, 0.6) is 6.01 Å². The number of aliphatic imine (C=N–C) groups is 1. The van der Waals surface area contributed by atoms with Gasteiger partial charge in [-0.1, -0.05) is 46.8 Å². The molecule has 0 amide bonds. The fourth-order valence-electron chi connectivity index (χ4n) is 6.57. The number of nitrogens with zero attached hydrogens (tertiary/aromatic N) is 6. The number of pyridine rings is 1. The standard InChI is InChI=1S/C37H48N6O2/c1-23(2)8-15-31(44)33(30-14-13-27(19-39-30)28-20-41-36(45-7)42-21-28)26-11-9-25(10-12-26)18-32-40-22-29(37(4,5)6)35(43-32)34-24(3)16-17-38-34/h13-14,16,19-23,25-26,33H,8-12,15,17-18H2,1-7H3. The maximum Gasteiger partial charge on any atom is 0.316 e. The predicted octanol–water partition coefficient (Wildman–Crippen LogP) is 7.52. The molecule has 0 spiro atoms. The molecule has 0 bridgehead atoms. The second kappa shape index (κ2) is 14.1. The van der Waals surface area contributed by atoms with E-state index in [1.807, 2.05) is 24.5 Å². The Balaban J connectivity index is 1.30. The summed E-state index contributed by atoms with van der Waals surface area (Å²) < 4.78 is 5.09. The van der Waals surface area contributed by atoms with Gasteiger partial charge in [0.1, 0.15) is 11.6 Å². The van der Waals surface area contributed by atoms with Gasteiger partial charge in [0.2, 0.25) is 0 Å². The summed E-state index contributed by atoms with van der Waals surface area (Å²) in [5.74, 6) is 2.28. The largest absolute Gasteiger partial charge is 0.467 e. The molecular weight excluding hydrogens is 560 g/mol. The van der Waals surface area contributed by atoms with E-state index in [1.54, 1.807) is 19.5 Å². The van der Waals surface area contributed by atoms with Crippen LogP contribution in [0.1, 0.15) is 109 Å². The maximum atomic E-state index is 13.7. The Morgan fingerprint density at radius 3 is 2.24 bits per heavy atom. The van der Waals surface area contributed by atoms with Crippen LogP contribution in [0.25, 0.3) is 11.1 Å². The average molecular weight is 609 g/mol. The van der Waals surface area contributed by atoms with Crippen LogP contribution in [-0.4, -0.2) is 50.1 Å². The third kappa shape index (κ3) is 7.89. The second-order valence-corrected chi connectivity index (χ2v) is 14.2. The van der Waals surface area contributed by atoms with Crippen molar-refractivity contribution in [2.45, 2.75) is 97.8 Å². The van der Waals surface area contributed by atoms with Gasteiger partial charge < -0.3 is 4.74 Å². The lowest BCUT2D eigenvalue weighted by atomic mass is 9.71. The van der Waals surface area contributed by atoms with Crippen LogP contribution < -0.4 is 4.74 Å². The van der Waals surface area contributed by atoms with Crippen LogP contribution >= 0.6 is 0 Å². The van der Waals surface area contributed by atoms with Crippen molar-refractivity contribution in [1.82, 2.24) is 24.9 Å². The molecule has 238 valence electrons. The van der Waals surface area contributed by atoms with Crippen molar-refractivity contribution in [2.24, 2.45) is 22.7 Å². The lowest BCUT2D eigenvalue weighted by Crippen LogP contribution is -2.28. The number of ether oxygens (including phenoxy) is 1. The Kier molecular flexibility index (Phi) is 10.2. The van der Waals surface area contributed by atoms with Gasteiger partial charge in [0.15, 0.2) is 0 Å². The van der Waals surface area contributed by atoms with Crippen LogP contribution in [0.15, 0.2) is 53.6 Å². The SMILES string of the molecule is COc1ncc(-c2ccc(C(C(=O)CCC(C)C)C3CCC(Cc4ncc(C(C)(C)C)c(C5=NCC=C5C)n4)CC3)nc2)cn1. The molecule has 1 fully saturated rings. The zero-order valence-electron chi connectivity index (χ0n) is 28.0. The minimum atomic E-state index is -0.185. The highest BCUT2D eigenvalue weighted by Gasteiger charge is 2.34. The number of ketones is 1. The zero-order valence-corrected chi connectivity index (χ0v) is 28.0. The molecule has 1 unspecified atom stereocenters. The summed E-state index contributed by atoms with van der Waals surface area (Å²) in [6.45, 7) is 13.8. The van der Waals surface area contributed by atoms with Crippen molar-refractivity contribution >= 4 is 11.5 Å². The molecule has 5 rings (SSSR count). The molecule has 0 aromatic carbocycles. The third-order valence-electron chi connectivity index (χ3n) is 9.29. The summed E-state index contributed by atoms with van der Waals surface area (Å²) in [5, 5.41) is 0. The first-order valence-electron chi connectivity index (χ1n) is 16.5. The van der Waals surface area contributed by atoms with E-state index in [4.69, 9.17) is 24.7 Å². The molecular formula is C37H48N6O2. The van der Waals surface area contributed by atoms with Gasteiger partial charge in [-0.05, 0) is 73.8 Å². The van der Waals surface area contributed by atoms with Crippen molar-refractivity contribution in [3.63, 3.8) is 0 Å². The molecule has 2 aliphatic rings. The van der Waals surface area contributed by atoms with Crippen molar-refractivity contribution < 1.29 is 9.53 Å². The minimum absolute atomic E-state index is 0.0664. The number of aromatic nitrogens is 5. The summed E-state index contributed by atoms with van der Waals surface area (Å²) in [6.07, 6.45) is 15.9. The van der Waals surface area contributed by atoms with Crippen LogP contribution in [0.2, 0.25) is 0 Å². The lowest BCUT2D eigenvalue weighted by Gasteiger charge is -2.33. The summed E-state index contributed by atoms with van der Waals surface area (Å²) in [7, 11) is 1.55. The molecule has 3 aromatic rings. The van der Waals surface area contributed by atoms with Gasteiger partial charge in [0.25, 0.3) is 0 Å². The summed E-state index contributed by atoms with van der Waals surface area (Å²) in [6, 6.07) is 4.39.